The molecule has 0 atom stereocenters. The second-order valence-electron chi connectivity index (χ2n) is 1.96. The Balaban J connectivity index is 4.54. The van der Waals surface area contributed by atoms with Gasteiger partial charge in [0.1, 0.15) is 0 Å². The maximum absolute atomic E-state index is 10.1. The summed E-state index contributed by atoms with van der Waals surface area (Å²) in [5.41, 5.74) is 5.02. The number of carboxylic acids is 1. The van der Waals surface area contributed by atoms with Crippen molar-refractivity contribution in [3.8, 4) is 0 Å². The minimum atomic E-state index is -1.36. The molecule has 0 aromatic rings. The fourth-order valence-corrected chi connectivity index (χ4v) is 0.347. The molecule has 0 unspecified atom stereocenters. The van der Waals surface area contributed by atoms with Gasteiger partial charge in [-0.2, -0.15) is 0 Å². The summed E-state index contributed by atoms with van der Waals surface area (Å²) < 4.78 is 0. The summed E-state index contributed by atoms with van der Waals surface area (Å²) in [5, 5.41) is 17.0. The van der Waals surface area contributed by atoms with Crippen molar-refractivity contribution in [2.75, 3.05) is 0 Å². The van der Waals surface area contributed by atoms with E-state index in [0.717, 1.165) is 0 Å². The smallest absolute Gasteiger partial charge is 0.312 e. The molecular weight excluding hydrogens is 132 g/mol. The first-order valence-corrected chi connectivity index (χ1v) is 2.69. The molecule has 0 saturated heterocycles. The molecule has 0 aromatic heterocycles. The number of allylic oxidation sites excluding steroid dienone is 1. The van der Waals surface area contributed by atoms with Gasteiger partial charge in [0.05, 0.1) is 0 Å². The Bertz CT molecular complexity index is 202. The van der Waals surface area contributed by atoms with Gasteiger partial charge in [0.2, 0.25) is 0 Å². The van der Waals surface area contributed by atoms with Crippen molar-refractivity contribution < 1.29 is 9.90 Å². The minimum absolute atomic E-state index is 0.201. The standard InChI is InChI=1S/C6H9N2O2/c1-3(4(2)7)5(8)6(9)10/h7H2,1-2H3,(H,9,10)/q-1/b4-3-. The predicted octanol–water partition coefficient (Wildman–Crippen LogP) is 0.334. The van der Waals surface area contributed by atoms with Crippen LogP contribution in [0.25, 0.3) is 5.41 Å². The van der Waals surface area contributed by atoms with Gasteiger partial charge in [-0.25, -0.2) is 4.79 Å². The molecule has 0 radical (unpaired) electrons. The highest BCUT2D eigenvalue weighted by Crippen LogP contribution is 1.98. The molecule has 0 amide bonds. The van der Waals surface area contributed by atoms with Gasteiger partial charge in [-0.05, 0) is 19.4 Å². The van der Waals surface area contributed by atoms with Crippen LogP contribution in [0.1, 0.15) is 13.8 Å². The van der Waals surface area contributed by atoms with Gasteiger partial charge in [0, 0.05) is 5.70 Å². The molecule has 0 fully saturated rings. The first-order chi connectivity index (χ1) is 4.46. The van der Waals surface area contributed by atoms with E-state index >= 15 is 0 Å². The third-order valence-corrected chi connectivity index (χ3v) is 1.15. The van der Waals surface area contributed by atoms with Crippen LogP contribution < -0.4 is 5.73 Å². The molecule has 56 valence electrons. The molecule has 3 N–H and O–H groups in total. The van der Waals surface area contributed by atoms with Gasteiger partial charge in [-0.15, -0.1) is 0 Å². The van der Waals surface area contributed by atoms with Crippen LogP contribution in [0, 0.1) is 0 Å². The van der Waals surface area contributed by atoms with Crippen LogP contribution in [0.5, 0.6) is 0 Å². The van der Waals surface area contributed by atoms with Crippen molar-refractivity contribution in [2.45, 2.75) is 13.8 Å². The molecule has 0 heterocycles. The summed E-state index contributed by atoms with van der Waals surface area (Å²) in [5.74, 6) is -1.36. The lowest BCUT2D eigenvalue weighted by Gasteiger charge is -2.08. The van der Waals surface area contributed by atoms with Crippen molar-refractivity contribution in [2.24, 2.45) is 5.73 Å². The van der Waals surface area contributed by atoms with Gasteiger partial charge in [-0.3, -0.25) is 0 Å². The minimum Gasteiger partial charge on any atom is -0.798 e. The van der Waals surface area contributed by atoms with Crippen LogP contribution in [-0.4, -0.2) is 16.8 Å². The van der Waals surface area contributed by atoms with Crippen LogP contribution in [0.2, 0.25) is 0 Å². The summed E-state index contributed by atoms with van der Waals surface area (Å²) in [6.07, 6.45) is 0. The number of carbonyl (C=O) groups is 1. The summed E-state index contributed by atoms with van der Waals surface area (Å²) in [6.45, 7) is 2.97. The third kappa shape index (κ3) is 1.89. The summed E-state index contributed by atoms with van der Waals surface area (Å²) in [7, 11) is 0. The molecule has 0 bridgehead atoms. The molecule has 0 aliphatic rings. The zero-order valence-corrected chi connectivity index (χ0v) is 5.88. The van der Waals surface area contributed by atoms with Crippen molar-refractivity contribution in [3.63, 3.8) is 0 Å². The van der Waals surface area contributed by atoms with E-state index in [1.54, 1.807) is 0 Å². The molecule has 0 aliphatic carbocycles. The second kappa shape index (κ2) is 3.00. The lowest BCUT2D eigenvalue weighted by Crippen LogP contribution is -2.15. The number of nitrogens with two attached hydrogens (primary N) is 1. The molecule has 0 saturated carbocycles. The predicted molar refractivity (Wildman–Crippen MR) is 38.6 cm³/mol. The second-order valence-corrected chi connectivity index (χ2v) is 1.96. The van der Waals surface area contributed by atoms with Crippen molar-refractivity contribution in [3.05, 3.63) is 16.7 Å². The highest BCUT2D eigenvalue weighted by Gasteiger charge is 2.00. The highest BCUT2D eigenvalue weighted by atomic mass is 16.4. The number of nitrogens with zero attached hydrogens (tertiary/aromatic N) is 1. The van der Waals surface area contributed by atoms with Crippen LogP contribution >= 0.6 is 0 Å². The molecule has 4 nitrogen and oxygen atoms in total. The zero-order valence-electron chi connectivity index (χ0n) is 5.88. The van der Waals surface area contributed by atoms with E-state index in [4.69, 9.17) is 16.2 Å². The van der Waals surface area contributed by atoms with E-state index in [-0.39, 0.29) is 5.57 Å². The molecule has 4 heteroatoms. The SMILES string of the molecule is C/C(N)=C(\C)C(=[N-])C(=O)O. The summed E-state index contributed by atoms with van der Waals surface area (Å²) >= 11 is 0. The summed E-state index contributed by atoms with van der Waals surface area (Å²) in [4.78, 5) is 10.1. The lowest BCUT2D eigenvalue weighted by atomic mass is 10.1. The van der Waals surface area contributed by atoms with Gasteiger partial charge >= 0.3 is 5.97 Å². The van der Waals surface area contributed by atoms with Crippen molar-refractivity contribution in [1.82, 2.24) is 0 Å². The monoisotopic (exact) mass is 141 g/mol. The zero-order chi connectivity index (χ0) is 8.31. The number of hydrogen-bond acceptors (Lipinski definition) is 2. The van der Waals surface area contributed by atoms with Crippen LogP contribution in [-0.2, 0) is 4.79 Å². The lowest BCUT2D eigenvalue weighted by molar-refractivity contribution is -0.129. The quantitative estimate of drug-likeness (QED) is 0.543. The third-order valence-electron chi connectivity index (χ3n) is 1.15. The molecule has 0 aromatic carbocycles. The molecular formula is C6H9N2O2-. The van der Waals surface area contributed by atoms with E-state index in [9.17, 15) is 4.79 Å². The van der Waals surface area contributed by atoms with Crippen molar-refractivity contribution >= 4 is 11.7 Å². The Morgan fingerprint density at radius 3 is 2.00 bits per heavy atom. The fraction of sp³-hybridized carbons (Fsp3) is 0.333. The number of aliphatic carboxylic acids is 1. The van der Waals surface area contributed by atoms with Crippen LogP contribution in [0.3, 0.4) is 0 Å². The van der Waals surface area contributed by atoms with E-state index in [1.807, 2.05) is 0 Å². The topological polar surface area (TPSA) is 85.6 Å². The molecule has 0 rings (SSSR count). The highest BCUT2D eigenvalue weighted by molar-refractivity contribution is 6.43. The number of rotatable bonds is 2. The van der Waals surface area contributed by atoms with E-state index in [2.05, 4.69) is 0 Å². The average molecular weight is 141 g/mol. The van der Waals surface area contributed by atoms with Gasteiger partial charge in [-0.1, -0.05) is 5.71 Å². The number of hydrogen-bond donors (Lipinski definition) is 2. The van der Waals surface area contributed by atoms with E-state index in [0.29, 0.717) is 5.70 Å². The largest absolute Gasteiger partial charge is 0.798 e. The Hall–Kier alpha value is -1.32. The molecule has 10 heavy (non-hydrogen) atoms. The summed E-state index contributed by atoms with van der Waals surface area (Å²) in [6, 6.07) is 0. The Morgan fingerprint density at radius 2 is 1.90 bits per heavy atom. The molecule has 0 spiro atoms. The Kier molecular flexibility index (Phi) is 2.61. The normalized spacial score (nSPS) is 12.2. The first kappa shape index (κ1) is 8.68. The van der Waals surface area contributed by atoms with Crippen LogP contribution in [0.4, 0.5) is 0 Å². The maximum Gasteiger partial charge on any atom is 0.312 e. The fourth-order valence-electron chi connectivity index (χ4n) is 0.347. The van der Waals surface area contributed by atoms with E-state index < -0.39 is 11.7 Å². The van der Waals surface area contributed by atoms with Gasteiger partial charge in [0.25, 0.3) is 0 Å². The maximum atomic E-state index is 10.1. The van der Waals surface area contributed by atoms with Gasteiger partial charge < -0.3 is 16.2 Å². The number of carboxylic acid groups (broad SMARTS) is 1. The van der Waals surface area contributed by atoms with Crippen LogP contribution in [0.15, 0.2) is 11.3 Å². The first-order valence-electron chi connectivity index (χ1n) is 2.69. The Morgan fingerprint density at radius 1 is 1.50 bits per heavy atom. The van der Waals surface area contributed by atoms with Crippen molar-refractivity contribution in [1.29, 1.82) is 0 Å². The average Bonchev–Trinajstić information content (AvgIpc) is 1.84. The Labute approximate surface area is 58.9 Å². The van der Waals surface area contributed by atoms with Gasteiger partial charge in [0.15, 0.2) is 0 Å². The molecule has 0 aliphatic heterocycles. The van der Waals surface area contributed by atoms with E-state index in [1.165, 1.54) is 13.8 Å².